The molecule has 2 heterocycles. The molecule has 20 heavy (non-hydrogen) atoms. The van der Waals surface area contributed by atoms with E-state index in [-0.39, 0.29) is 5.38 Å². The Bertz CT molecular complexity index is 716. The molecule has 0 saturated heterocycles. The van der Waals surface area contributed by atoms with E-state index >= 15 is 0 Å². The molecule has 0 aliphatic carbocycles. The van der Waals surface area contributed by atoms with Gasteiger partial charge in [0.1, 0.15) is 5.82 Å². The highest BCUT2D eigenvalue weighted by Crippen LogP contribution is 2.25. The average molecular weight is 306 g/mol. The van der Waals surface area contributed by atoms with E-state index in [4.69, 9.17) is 11.6 Å². The normalized spacial score (nSPS) is 12.9. The van der Waals surface area contributed by atoms with E-state index in [0.717, 1.165) is 35.5 Å². The zero-order chi connectivity index (χ0) is 14.1. The van der Waals surface area contributed by atoms with Gasteiger partial charge in [-0.3, -0.25) is 0 Å². The lowest BCUT2D eigenvalue weighted by Crippen LogP contribution is -2.07. The van der Waals surface area contributed by atoms with Crippen LogP contribution in [0, 0.1) is 6.92 Å². The molecule has 2 aromatic heterocycles. The van der Waals surface area contributed by atoms with Crippen LogP contribution in [0.2, 0.25) is 0 Å². The number of imidazole rings is 1. The van der Waals surface area contributed by atoms with Gasteiger partial charge in [-0.15, -0.1) is 22.9 Å². The van der Waals surface area contributed by atoms with Crippen LogP contribution in [0.1, 0.15) is 29.4 Å². The number of fused-ring (bicyclic) bond motifs is 1. The zero-order valence-corrected chi connectivity index (χ0v) is 13.1. The van der Waals surface area contributed by atoms with Gasteiger partial charge in [0.25, 0.3) is 0 Å². The molecule has 0 amide bonds. The number of rotatable bonds is 4. The molecule has 1 atom stereocenters. The van der Waals surface area contributed by atoms with Crippen molar-refractivity contribution in [2.24, 2.45) is 0 Å². The maximum absolute atomic E-state index is 6.28. The first-order chi connectivity index (χ1) is 9.65. The molecule has 3 aromatic rings. The first kappa shape index (κ1) is 13.6. The molecule has 104 valence electrons. The minimum absolute atomic E-state index is 0.0989. The molecule has 3 nitrogen and oxygen atoms in total. The van der Waals surface area contributed by atoms with Crippen molar-refractivity contribution in [3.63, 3.8) is 0 Å². The lowest BCUT2D eigenvalue weighted by atomic mass is 10.2. The number of thiazole rings is 1. The molecule has 1 unspecified atom stereocenters. The second-order valence-electron chi connectivity index (χ2n) is 4.96. The maximum atomic E-state index is 6.28. The highest BCUT2D eigenvalue weighted by atomic mass is 35.5. The van der Waals surface area contributed by atoms with E-state index in [2.05, 4.69) is 45.0 Å². The van der Waals surface area contributed by atoms with Gasteiger partial charge in [-0.05, 0) is 31.5 Å². The van der Waals surface area contributed by atoms with Crippen molar-refractivity contribution < 1.29 is 0 Å². The minimum atomic E-state index is -0.0989. The number of aryl methyl sites for hydroxylation is 3. The van der Waals surface area contributed by atoms with Crippen LogP contribution in [0.15, 0.2) is 29.1 Å². The lowest BCUT2D eigenvalue weighted by Gasteiger charge is -2.09. The van der Waals surface area contributed by atoms with E-state index in [1.54, 1.807) is 11.3 Å². The van der Waals surface area contributed by atoms with Gasteiger partial charge >= 0.3 is 0 Å². The van der Waals surface area contributed by atoms with Crippen molar-refractivity contribution >= 4 is 34.0 Å². The van der Waals surface area contributed by atoms with Crippen LogP contribution in [0.25, 0.3) is 11.0 Å². The van der Waals surface area contributed by atoms with Gasteiger partial charge in [0, 0.05) is 18.3 Å². The summed E-state index contributed by atoms with van der Waals surface area (Å²) in [4.78, 5) is 9.02. The fourth-order valence-corrected chi connectivity index (χ4v) is 3.14. The summed E-state index contributed by atoms with van der Waals surface area (Å²) >= 11 is 7.91. The number of aromatic nitrogens is 3. The highest BCUT2D eigenvalue weighted by Gasteiger charge is 2.15. The summed E-state index contributed by atoms with van der Waals surface area (Å²) < 4.78 is 2.21. The smallest absolute Gasteiger partial charge is 0.127 e. The van der Waals surface area contributed by atoms with Gasteiger partial charge in [0.2, 0.25) is 0 Å². The number of hydrogen-bond donors (Lipinski definition) is 0. The predicted molar refractivity (Wildman–Crippen MR) is 84.6 cm³/mol. The monoisotopic (exact) mass is 305 g/mol. The summed E-state index contributed by atoms with van der Waals surface area (Å²) in [6.45, 7) is 4.90. The third-order valence-corrected chi connectivity index (χ3v) is 4.19. The van der Waals surface area contributed by atoms with Crippen LogP contribution >= 0.6 is 22.9 Å². The van der Waals surface area contributed by atoms with Crippen molar-refractivity contribution in [3.8, 4) is 0 Å². The van der Waals surface area contributed by atoms with Gasteiger partial charge in [-0.1, -0.05) is 6.07 Å². The van der Waals surface area contributed by atoms with Crippen LogP contribution in [0.4, 0.5) is 0 Å². The minimum Gasteiger partial charge on any atom is -0.326 e. The maximum Gasteiger partial charge on any atom is 0.127 e. The molecule has 0 aliphatic rings. The molecule has 0 bridgehead atoms. The summed E-state index contributed by atoms with van der Waals surface area (Å²) in [6.07, 6.45) is 0.902. The Morgan fingerprint density at radius 1 is 1.40 bits per heavy atom. The van der Waals surface area contributed by atoms with Crippen LogP contribution in [0.5, 0.6) is 0 Å². The topological polar surface area (TPSA) is 30.7 Å². The van der Waals surface area contributed by atoms with E-state index in [9.17, 15) is 0 Å². The molecule has 0 spiro atoms. The van der Waals surface area contributed by atoms with Crippen molar-refractivity contribution in [2.45, 2.75) is 32.2 Å². The van der Waals surface area contributed by atoms with Gasteiger partial charge in [-0.2, -0.15) is 0 Å². The second-order valence-corrected chi connectivity index (χ2v) is 6.33. The third-order valence-electron chi connectivity index (χ3n) is 3.36. The number of nitrogens with zero attached hydrogens (tertiary/aromatic N) is 3. The number of hydrogen-bond acceptors (Lipinski definition) is 3. The first-order valence-electron chi connectivity index (χ1n) is 6.63. The summed E-state index contributed by atoms with van der Waals surface area (Å²) in [7, 11) is 0. The molecule has 5 heteroatoms. The fraction of sp³-hybridized carbons (Fsp3) is 0.333. The number of benzene rings is 1. The largest absolute Gasteiger partial charge is 0.326 e. The molecule has 0 aliphatic heterocycles. The van der Waals surface area contributed by atoms with Crippen molar-refractivity contribution in [3.05, 3.63) is 46.2 Å². The summed E-state index contributed by atoms with van der Waals surface area (Å²) in [5.74, 6) is 0.933. The Morgan fingerprint density at radius 2 is 2.25 bits per heavy atom. The Morgan fingerprint density at radius 3 is 2.95 bits per heavy atom. The fourth-order valence-electron chi connectivity index (χ4n) is 2.38. The summed E-state index contributed by atoms with van der Waals surface area (Å²) in [6, 6.07) is 6.35. The Hall–Kier alpha value is -1.39. The first-order valence-corrected chi connectivity index (χ1v) is 8.01. The van der Waals surface area contributed by atoms with Gasteiger partial charge in [-0.25, -0.2) is 9.97 Å². The molecule has 0 saturated carbocycles. The van der Waals surface area contributed by atoms with Crippen LogP contribution in [-0.4, -0.2) is 14.5 Å². The van der Waals surface area contributed by atoms with Crippen LogP contribution < -0.4 is 0 Å². The van der Waals surface area contributed by atoms with E-state index in [1.807, 2.05) is 12.4 Å². The predicted octanol–water partition coefficient (Wildman–Crippen LogP) is 4.34. The average Bonchev–Trinajstić information content (AvgIpc) is 3.02. The number of halogens is 1. The molecule has 0 fully saturated rings. The van der Waals surface area contributed by atoms with Crippen LogP contribution in [0.3, 0.4) is 0 Å². The van der Waals surface area contributed by atoms with Gasteiger partial charge in [0.05, 0.1) is 27.6 Å². The molecular weight excluding hydrogens is 290 g/mol. The lowest BCUT2D eigenvalue weighted by molar-refractivity contribution is 0.662. The molecular formula is C15H16ClN3S. The quantitative estimate of drug-likeness (QED) is 0.671. The highest BCUT2D eigenvalue weighted by molar-refractivity contribution is 7.07. The zero-order valence-electron chi connectivity index (χ0n) is 11.5. The SMILES string of the molecule is Cc1ccc2c(c1)nc(C(C)Cl)n2CCc1cscn1. The Kier molecular flexibility index (Phi) is 3.76. The van der Waals surface area contributed by atoms with E-state index in [1.165, 1.54) is 5.56 Å². The van der Waals surface area contributed by atoms with Gasteiger partial charge in [0.15, 0.2) is 0 Å². The molecule has 1 aromatic carbocycles. The third kappa shape index (κ3) is 2.58. The van der Waals surface area contributed by atoms with Crippen molar-refractivity contribution in [2.75, 3.05) is 0 Å². The Labute approximate surface area is 127 Å². The standard InChI is InChI=1S/C15H16ClN3S/c1-10-3-4-14-13(7-10)18-15(11(2)16)19(14)6-5-12-8-20-9-17-12/h3-4,7-9,11H,5-6H2,1-2H3. The van der Waals surface area contributed by atoms with Crippen molar-refractivity contribution in [1.29, 1.82) is 0 Å². The number of alkyl halides is 1. The molecule has 0 N–H and O–H groups in total. The molecule has 0 radical (unpaired) electrons. The summed E-state index contributed by atoms with van der Waals surface area (Å²) in [5.41, 5.74) is 6.38. The summed E-state index contributed by atoms with van der Waals surface area (Å²) in [5, 5.41) is 1.99. The second kappa shape index (κ2) is 5.54. The van der Waals surface area contributed by atoms with E-state index in [0.29, 0.717) is 0 Å². The van der Waals surface area contributed by atoms with E-state index < -0.39 is 0 Å². The Balaban J connectivity index is 2.00. The van der Waals surface area contributed by atoms with Crippen LogP contribution in [-0.2, 0) is 13.0 Å². The van der Waals surface area contributed by atoms with Gasteiger partial charge < -0.3 is 4.57 Å². The van der Waals surface area contributed by atoms with Crippen molar-refractivity contribution in [1.82, 2.24) is 14.5 Å². The molecule has 3 rings (SSSR count).